The molecule has 0 spiro atoms. The lowest BCUT2D eigenvalue weighted by Gasteiger charge is -2.21. The summed E-state index contributed by atoms with van der Waals surface area (Å²) in [5, 5.41) is 0. The van der Waals surface area contributed by atoms with E-state index in [0.717, 1.165) is 17.0 Å². The molecular formula is C14H13F3N2O2. The molecule has 2 amide bonds. The molecule has 1 aliphatic carbocycles. The van der Waals surface area contributed by atoms with Gasteiger partial charge in [-0.15, -0.1) is 0 Å². The van der Waals surface area contributed by atoms with Crippen molar-refractivity contribution in [3.63, 3.8) is 0 Å². The van der Waals surface area contributed by atoms with Crippen LogP contribution in [0, 0.1) is 11.8 Å². The number of fused-ring (bicyclic) bond motifs is 1. The Hall–Kier alpha value is -1.89. The zero-order valence-electron chi connectivity index (χ0n) is 10.9. The van der Waals surface area contributed by atoms with Gasteiger partial charge in [-0.3, -0.25) is 14.5 Å². The largest absolute Gasteiger partial charge is 0.416 e. The number of nitrogens with zero attached hydrogens (tertiary/aromatic N) is 1. The lowest BCUT2D eigenvalue weighted by molar-refractivity contribution is -0.141. The standard InChI is InChI=1S/C14H13F3N2O2/c15-14(16,17)8-3-1-7(2-4-8)11(18)6-19-12(20)9-5-10(9)13(19)21/h1-4,9-11H,5-6,18H2. The van der Waals surface area contributed by atoms with E-state index in [9.17, 15) is 22.8 Å². The minimum absolute atomic E-state index is 0.00995. The molecule has 1 aromatic rings. The fraction of sp³-hybridized carbons (Fsp3) is 0.429. The second-order valence-electron chi connectivity index (χ2n) is 5.46. The van der Waals surface area contributed by atoms with Crippen molar-refractivity contribution in [2.45, 2.75) is 18.6 Å². The number of halogens is 3. The van der Waals surface area contributed by atoms with Gasteiger partial charge >= 0.3 is 6.18 Å². The Balaban J connectivity index is 1.70. The van der Waals surface area contributed by atoms with Gasteiger partial charge < -0.3 is 5.73 Å². The first-order valence-corrected chi connectivity index (χ1v) is 6.57. The number of nitrogens with two attached hydrogens (primary N) is 1. The van der Waals surface area contributed by atoms with Crippen molar-refractivity contribution in [2.24, 2.45) is 17.6 Å². The molecule has 4 nitrogen and oxygen atoms in total. The molecule has 7 heteroatoms. The second kappa shape index (κ2) is 4.56. The maximum atomic E-state index is 12.5. The number of imide groups is 1. The highest BCUT2D eigenvalue weighted by Crippen LogP contribution is 2.47. The SMILES string of the molecule is NC(CN1C(=O)C2CC2C1=O)c1ccc(C(F)(F)F)cc1. The maximum absolute atomic E-state index is 12.5. The number of rotatable bonds is 3. The fourth-order valence-electron chi connectivity index (χ4n) is 2.65. The Labute approximate surface area is 118 Å². The lowest BCUT2D eigenvalue weighted by Crippen LogP contribution is -2.38. The smallest absolute Gasteiger partial charge is 0.322 e. The zero-order chi connectivity index (χ0) is 15.4. The van der Waals surface area contributed by atoms with Crippen molar-refractivity contribution in [1.82, 2.24) is 4.90 Å². The molecule has 0 radical (unpaired) electrons. The monoisotopic (exact) mass is 298 g/mol. The summed E-state index contributed by atoms with van der Waals surface area (Å²) in [4.78, 5) is 24.7. The van der Waals surface area contributed by atoms with Crippen LogP contribution >= 0.6 is 0 Å². The van der Waals surface area contributed by atoms with Gasteiger partial charge in [0.25, 0.3) is 0 Å². The molecule has 2 aliphatic rings. The average molecular weight is 298 g/mol. The van der Waals surface area contributed by atoms with Crippen molar-refractivity contribution in [2.75, 3.05) is 6.54 Å². The van der Waals surface area contributed by atoms with Crippen LogP contribution in [0.4, 0.5) is 13.2 Å². The van der Waals surface area contributed by atoms with E-state index in [2.05, 4.69) is 0 Å². The van der Waals surface area contributed by atoms with E-state index in [1.54, 1.807) is 0 Å². The molecule has 1 aromatic carbocycles. The van der Waals surface area contributed by atoms with E-state index in [4.69, 9.17) is 5.73 Å². The highest BCUT2D eigenvalue weighted by molar-refractivity contribution is 6.08. The Kier molecular flexibility index (Phi) is 3.05. The number of hydrogen-bond acceptors (Lipinski definition) is 3. The summed E-state index contributed by atoms with van der Waals surface area (Å²) in [5.74, 6) is -0.825. The van der Waals surface area contributed by atoms with Gasteiger partial charge in [-0.25, -0.2) is 0 Å². The summed E-state index contributed by atoms with van der Waals surface area (Å²) in [6.07, 6.45) is -3.78. The predicted octanol–water partition coefficient (Wildman–Crippen LogP) is 1.71. The lowest BCUT2D eigenvalue weighted by atomic mass is 10.0. The molecule has 0 bridgehead atoms. The molecule has 0 aromatic heterocycles. The van der Waals surface area contributed by atoms with Crippen LogP contribution in [-0.2, 0) is 15.8 Å². The molecule has 3 rings (SSSR count). The van der Waals surface area contributed by atoms with E-state index in [1.807, 2.05) is 0 Å². The molecule has 1 heterocycles. The van der Waals surface area contributed by atoms with Crippen molar-refractivity contribution >= 4 is 11.8 Å². The number of hydrogen-bond donors (Lipinski definition) is 1. The van der Waals surface area contributed by atoms with E-state index in [0.29, 0.717) is 12.0 Å². The fourth-order valence-corrected chi connectivity index (χ4v) is 2.65. The number of alkyl halides is 3. The van der Waals surface area contributed by atoms with Gasteiger partial charge in [-0.05, 0) is 24.1 Å². The van der Waals surface area contributed by atoms with Crippen LogP contribution in [-0.4, -0.2) is 23.3 Å². The molecule has 1 saturated heterocycles. The molecule has 21 heavy (non-hydrogen) atoms. The minimum atomic E-state index is -4.40. The van der Waals surface area contributed by atoms with Crippen molar-refractivity contribution in [3.8, 4) is 0 Å². The van der Waals surface area contributed by atoms with Gasteiger partial charge in [0.2, 0.25) is 11.8 Å². The molecule has 112 valence electrons. The summed E-state index contributed by atoms with van der Waals surface area (Å²) >= 11 is 0. The minimum Gasteiger partial charge on any atom is -0.322 e. The van der Waals surface area contributed by atoms with Crippen molar-refractivity contribution in [1.29, 1.82) is 0 Å². The molecule has 3 unspecified atom stereocenters. The Morgan fingerprint density at radius 1 is 1.14 bits per heavy atom. The van der Waals surface area contributed by atoms with Crippen molar-refractivity contribution < 1.29 is 22.8 Å². The molecule has 2 fully saturated rings. The predicted molar refractivity (Wildman–Crippen MR) is 66.7 cm³/mol. The van der Waals surface area contributed by atoms with E-state index in [1.165, 1.54) is 12.1 Å². The highest BCUT2D eigenvalue weighted by atomic mass is 19.4. The number of benzene rings is 1. The Morgan fingerprint density at radius 2 is 1.67 bits per heavy atom. The second-order valence-corrected chi connectivity index (χ2v) is 5.46. The highest BCUT2D eigenvalue weighted by Gasteiger charge is 2.58. The number of amides is 2. The van der Waals surface area contributed by atoms with Gasteiger partial charge in [0, 0.05) is 12.6 Å². The Bertz CT molecular complexity index is 577. The molecule has 1 aliphatic heterocycles. The zero-order valence-corrected chi connectivity index (χ0v) is 10.9. The van der Waals surface area contributed by atoms with Crippen LogP contribution in [0.15, 0.2) is 24.3 Å². The molecule has 2 N–H and O–H groups in total. The van der Waals surface area contributed by atoms with E-state index >= 15 is 0 Å². The van der Waals surface area contributed by atoms with Gasteiger partial charge in [0.1, 0.15) is 0 Å². The first kappa shape index (κ1) is 14.1. The van der Waals surface area contributed by atoms with Crippen LogP contribution in [0.1, 0.15) is 23.6 Å². The summed E-state index contributed by atoms with van der Waals surface area (Å²) < 4.78 is 37.4. The van der Waals surface area contributed by atoms with Crippen LogP contribution in [0.2, 0.25) is 0 Å². The van der Waals surface area contributed by atoms with Crippen molar-refractivity contribution in [3.05, 3.63) is 35.4 Å². The van der Waals surface area contributed by atoms with Crippen LogP contribution < -0.4 is 5.73 Å². The first-order valence-electron chi connectivity index (χ1n) is 6.57. The van der Waals surface area contributed by atoms with Gasteiger partial charge in [-0.1, -0.05) is 12.1 Å². The topological polar surface area (TPSA) is 63.4 Å². The van der Waals surface area contributed by atoms with Gasteiger partial charge in [0.05, 0.1) is 17.4 Å². The van der Waals surface area contributed by atoms with Crippen LogP contribution in [0.3, 0.4) is 0 Å². The number of piperidine rings is 1. The summed E-state index contributed by atoms with van der Waals surface area (Å²) in [7, 11) is 0. The van der Waals surface area contributed by atoms with Gasteiger partial charge in [-0.2, -0.15) is 13.2 Å². The quantitative estimate of drug-likeness (QED) is 0.864. The van der Waals surface area contributed by atoms with Crippen LogP contribution in [0.25, 0.3) is 0 Å². The third-order valence-electron chi connectivity index (χ3n) is 4.00. The molecule has 1 saturated carbocycles. The summed E-state index contributed by atoms with van der Waals surface area (Å²) in [6, 6.07) is 3.76. The van der Waals surface area contributed by atoms with Gasteiger partial charge in [0.15, 0.2) is 0 Å². The maximum Gasteiger partial charge on any atom is 0.416 e. The Morgan fingerprint density at radius 3 is 2.14 bits per heavy atom. The van der Waals surface area contributed by atoms with Crippen LogP contribution in [0.5, 0.6) is 0 Å². The van der Waals surface area contributed by atoms with E-state index < -0.39 is 17.8 Å². The number of likely N-dealkylation sites (tertiary alicyclic amines) is 1. The first-order chi connectivity index (χ1) is 9.79. The third kappa shape index (κ3) is 2.42. The third-order valence-corrected chi connectivity index (χ3v) is 4.00. The number of carbonyl (C=O) groups is 2. The average Bonchev–Trinajstić information content (AvgIpc) is 3.18. The summed E-state index contributed by atoms with van der Waals surface area (Å²) in [6.45, 7) is 0.00995. The van der Waals surface area contributed by atoms with E-state index in [-0.39, 0.29) is 30.2 Å². The molecule has 3 atom stereocenters. The summed E-state index contributed by atoms with van der Waals surface area (Å²) in [5.41, 5.74) is 5.60. The molecular weight excluding hydrogens is 285 g/mol. The number of carbonyl (C=O) groups excluding carboxylic acids is 2. The normalized spacial score (nSPS) is 26.0.